The maximum absolute atomic E-state index is 11.2. The van der Waals surface area contributed by atoms with Gasteiger partial charge in [-0.15, -0.1) is 0 Å². The largest absolute Gasteiger partial charge is 0.354 e. The molecule has 1 aliphatic rings. The van der Waals surface area contributed by atoms with Crippen LogP contribution in [0.25, 0.3) is 0 Å². The number of rotatable bonds is 3. The van der Waals surface area contributed by atoms with Crippen molar-refractivity contribution < 1.29 is 9.42 Å². The SMILES string of the molecule is CNC(=O)c1nonc1CC1CC1. The molecule has 0 saturated heterocycles. The predicted molar refractivity (Wildman–Crippen MR) is 44.1 cm³/mol. The van der Waals surface area contributed by atoms with E-state index in [2.05, 4.69) is 20.3 Å². The third-order valence-electron chi connectivity index (χ3n) is 2.18. The first kappa shape index (κ1) is 8.22. The molecule has 0 spiro atoms. The Hall–Kier alpha value is -1.39. The third kappa shape index (κ3) is 1.68. The van der Waals surface area contributed by atoms with Gasteiger partial charge in [0.25, 0.3) is 5.91 Å². The van der Waals surface area contributed by atoms with Crippen LogP contribution in [-0.2, 0) is 6.42 Å². The van der Waals surface area contributed by atoms with Crippen molar-refractivity contribution in [2.75, 3.05) is 7.05 Å². The molecule has 70 valence electrons. The van der Waals surface area contributed by atoms with Crippen molar-refractivity contribution in [1.82, 2.24) is 15.6 Å². The Morgan fingerprint density at radius 2 is 2.38 bits per heavy atom. The van der Waals surface area contributed by atoms with E-state index in [0.717, 1.165) is 6.42 Å². The van der Waals surface area contributed by atoms with Gasteiger partial charge in [0, 0.05) is 7.05 Å². The number of aromatic nitrogens is 2. The molecular weight excluding hydrogens is 170 g/mol. The van der Waals surface area contributed by atoms with E-state index in [1.807, 2.05) is 0 Å². The Kier molecular flexibility index (Phi) is 2.00. The summed E-state index contributed by atoms with van der Waals surface area (Å²) >= 11 is 0. The first-order valence-corrected chi connectivity index (χ1v) is 4.34. The van der Waals surface area contributed by atoms with Gasteiger partial charge >= 0.3 is 0 Å². The standard InChI is InChI=1S/C8H11N3O2/c1-9-8(12)7-6(10-13-11-7)4-5-2-3-5/h5H,2-4H2,1H3,(H,9,12). The average Bonchev–Trinajstić information content (AvgIpc) is 2.82. The summed E-state index contributed by atoms with van der Waals surface area (Å²) in [5, 5.41) is 9.79. The summed E-state index contributed by atoms with van der Waals surface area (Å²) in [5.74, 6) is 0.451. The minimum atomic E-state index is -0.225. The van der Waals surface area contributed by atoms with E-state index in [0.29, 0.717) is 17.3 Å². The minimum Gasteiger partial charge on any atom is -0.354 e. The maximum atomic E-state index is 11.2. The van der Waals surface area contributed by atoms with Gasteiger partial charge in [-0.2, -0.15) is 0 Å². The summed E-state index contributed by atoms with van der Waals surface area (Å²) in [4.78, 5) is 11.2. The molecule has 1 aromatic heterocycles. The molecule has 0 unspecified atom stereocenters. The molecule has 5 nitrogen and oxygen atoms in total. The van der Waals surface area contributed by atoms with Crippen molar-refractivity contribution in [3.8, 4) is 0 Å². The lowest BCUT2D eigenvalue weighted by atomic mass is 10.2. The smallest absolute Gasteiger partial charge is 0.275 e. The van der Waals surface area contributed by atoms with Crippen molar-refractivity contribution in [3.63, 3.8) is 0 Å². The van der Waals surface area contributed by atoms with E-state index in [9.17, 15) is 4.79 Å². The molecule has 2 rings (SSSR count). The predicted octanol–water partition coefficient (Wildman–Crippen LogP) is 0.382. The quantitative estimate of drug-likeness (QED) is 0.732. The molecule has 0 aromatic carbocycles. The van der Waals surface area contributed by atoms with Crippen LogP contribution in [0.5, 0.6) is 0 Å². The summed E-state index contributed by atoms with van der Waals surface area (Å²) < 4.78 is 4.54. The Balaban J connectivity index is 2.14. The van der Waals surface area contributed by atoms with Crippen LogP contribution in [0.4, 0.5) is 0 Å². The van der Waals surface area contributed by atoms with Crippen LogP contribution in [0.1, 0.15) is 29.0 Å². The second-order valence-electron chi connectivity index (χ2n) is 3.29. The summed E-state index contributed by atoms with van der Waals surface area (Å²) in [5.41, 5.74) is 1.01. The topological polar surface area (TPSA) is 68.0 Å². The lowest BCUT2D eigenvalue weighted by Gasteiger charge is -1.95. The summed E-state index contributed by atoms with van der Waals surface area (Å²) in [7, 11) is 1.57. The van der Waals surface area contributed by atoms with Gasteiger partial charge in [-0.3, -0.25) is 4.79 Å². The number of nitrogens with one attached hydrogen (secondary N) is 1. The number of carbonyl (C=O) groups is 1. The molecule has 1 heterocycles. The minimum absolute atomic E-state index is 0.225. The van der Waals surface area contributed by atoms with Crippen LogP contribution < -0.4 is 5.32 Å². The fourth-order valence-corrected chi connectivity index (χ4v) is 1.23. The zero-order valence-electron chi connectivity index (χ0n) is 7.41. The van der Waals surface area contributed by atoms with Crippen molar-refractivity contribution in [1.29, 1.82) is 0 Å². The summed E-state index contributed by atoms with van der Waals surface area (Å²) in [6, 6.07) is 0. The van der Waals surface area contributed by atoms with Crippen molar-refractivity contribution >= 4 is 5.91 Å². The first-order chi connectivity index (χ1) is 6.31. The molecule has 1 aromatic rings. The van der Waals surface area contributed by atoms with E-state index in [1.165, 1.54) is 12.8 Å². The lowest BCUT2D eigenvalue weighted by molar-refractivity contribution is 0.0952. The summed E-state index contributed by atoms with van der Waals surface area (Å²) in [6.07, 6.45) is 3.26. The van der Waals surface area contributed by atoms with Crippen LogP contribution >= 0.6 is 0 Å². The molecule has 1 amide bonds. The molecular formula is C8H11N3O2. The summed E-state index contributed by atoms with van der Waals surface area (Å²) in [6.45, 7) is 0. The second-order valence-corrected chi connectivity index (χ2v) is 3.29. The van der Waals surface area contributed by atoms with Crippen molar-refractivity contribution in [3.05, 3.63) is 11.4 Å². The number of carbonyl (C=O) groups excluding carboxylic acids is 1. The van der Waals surface area contributed by atoms with Gasteiger partial charge in [-0.25, -0.2) is 4.63 Å². The van der Waals surface area contributed by atoms with Crippen LogP contribution in [-0.4, -0.2) is 23.3 Å². The van der Waals surface area contributed by atoms with Gasteiger partial charge in [0.05, 0.1) is 0 Å². The van der Waals surface area contributed by atoms with E-state index < -0.39 is 0 Å². The third-order valence-corrected chi connectivity index (χ3v) is 2.18. The van der Waals surface area contributed by atoms with Crippen LogP contribution in [0.15, 0.2) is 4.63 Å². The average molecular weight is 181 g/mol. The fourth-order valence-electron chi connectivity index (χ4n) is 1.23. The zero-order valence-corrected chi connectivity index (χ0v) is 7.41. The Morgan fingerprint density at radius 1 is 1.62 bits per heavy atom. The molecule has 1 aliphatic carbocycles. The Morgan fingerprint density at radius 3 is 3.00 bits per heavy atom. The van der Waals surface area contributed by atoms with Crippen molar-refractivity contribution in [2.45, 2.75) is 19.3 Å². The molecule has 1 N–H and O–H groups in total. The van der Waals surface area contributed by atoms with Crippen LogP contribution in [0.3, 0.4) is 0 Å². The number of amides is 1. The van der Waals surface area contributed by atoms with E-state index in [4.69, 9.17) is 0 Å². The number of hydrogen-bond acceptors (Lipinski definition) is 4. The number of hydrogen-bond donors (Lipinski definition) is 1. The monoisotopic (exact) mass is 181 g/mol. The molecule has 0 bridgehead atoms. The van der Waals surface area contributed by atoms with E-state index >= 15 is 0 Å². The highest BCUT2D eigenvalue weighted by atomic mass is 16.6. The normalized spacial score (nSPS) is 15.8. The van der Waals surface area contributed by atoms with Gasteiger partial charge in [0.1, 0.15) is 5.69 Å². The highest BCUT2D eigenvalue weighted by Gasteiger charge is 2.26. The first-order valence-electron chi connectivity index (χ1n) is 4.34. The van der Waals surface area contributed by atoms with Crippen LogP contribution in [0, 0.1) is 5.92 Å². The highest BCUT2D eigenvalue weighted by molar-refractivity contribution is 5.92. The van der Waals surface area contributed by atoms with Gasteiger partial charge in [-0.1, -0.05) is 5.16 Å². The van der Waals surface area contributed by atoms with Gasteiger partial charge in [-0.05, 0) is 30.3 Å². The van der Waals surface area contributed by atoms with Crippen LogP contribution in [0.2, 0.25) is 0 Å². The zero-order chi connectivity index (χ0) is 9.26. The fraction of sp³-hybridized carbons (Fsp3) is 0.625. The van der Waals surface area contributed by atoms with E-state index in [1.54, 1.807) is 7.05 Å². The van der Waals surface area contributed by atoms with Gasteiger partial charge < -0.3 is 5.32 Å². The highest BCUT2D eigenvalue weighted by Crippen LogP contribution is 2.32. The Labute approximate surface area is 75.5 Å². The number of nitrogens with zero attached hydrogens (tertiary/aromatic N) is 2. The van der Waals surface area contributed by atoms with Gasteiger partial charge in [0.2, 0.25) is 0 Å². The molecule has 1 fully saturated rings. The molecule has 0 atom stereocenters. The lowest BCUT2D eigenvalue weighted by Crippen LogP contribution is -2.20. The Bertz CT molecular complexity index is 317. The molecule has 1 saturated carbocycles. The van der Waals surface area contributed by atoms with E-state index in [-0.39, 0.29) is 5.91 Å². The molecule has 5 heteroatoms. The van der Waals surface area contributed by atoms with Gasteiger partial charge in [0.15, 0.2) is 5.69 Å². The maximum Gasteiger partial charge on any atom is 0.275 e. The van der Waals surface area contributed by atoms with Crippen molar-refractivity contribution in [2.24, 2.45) is 5.92 Å². The second kappa shape index (κ2) is 3.16. The molecule has 13 heavy (non-hydrogen) atoms. The molecule has 0 aliphatic heterocycles. The molecule has 0 radical (unpaired) electrons.